The van der Waals surface area contributed by atoms with Gasteiger partial charge >= 0.3 is 0 Å². The number of carbonyl (C=O) groups excluding carboxylic acids is 1. The molecule has 1 saturated heterocycles. The Labute approximate surface area is 135 Å². The van der Waals surface area contributed by atoms with Gasteiger partial charge in [-0.25, -0.2) is 0 Å². The van der Waals surface area contributed by atoms with E-state index in [0.29, 0.717) is 17.6 Å². The smallest absolute Gasteiger partial charge is 0.238 e. The van der Waals surface area contributed by atoms with E-state index in [0.717, 1.165) is 25.1 Å². The minimum Gasteiger partial charge on any atom is -0.325 e. The summed E-state index contributed by atoms with van der Waals surface area (Å²) in [5, 5.41) is 3.54. The van der Waals surface area contributed by atoms with Gasteiger partial charge in [-0.3, -0.25) is 9.69 Å². The number of benzene rings is 2. The Hall–Kier alpha value is -1.84. The van der Waals surface area contributed by atoms with Crippen LogP contribution in [0.1, 0.15) is 24.4 Å². The summed E-state index contributed by atoms with van der Waals surface area (Å²) in [6, 6.07) is 18.0. The molecular weight excluding hydrogens is 296 g/mol. The fraction of sp³-hybridized carbons (Fsp3) is 0.278. The molecule has 1 N–H and O–H groups in total. The van der Waals surface area contributed by atoms with E-state index in [1.165, 1.54) is 5.56 Å². The summed E-state index contributed by atoms with van der Waals surface area (Å²) < 4.78 is 0. The van der Waals surface area contributed by atoms with Crippen molar-refractivity contribution in [2.24, 2.45) is 0 Å². The van der Waals surface area contributed by atoms with Gasteiger partial charge in [-0.15, -0.1) is 0 Å². The normalized spacial score (nSPS) is 18.3. The van der Waals surface area contributed by atoms with E-state index in [-0.39, 0.29) is 5.91 Å². The number of halogens is 1. The number of carbonyl (C=O) groups is 1. The molecule has 22 heavy (non-hydrogen) atoms. The number of rotatable bonds is 4. The molecule has 1 heterocycles. The summed E-state index contributed by atoms with van der Waals surface area (Å²) in [6.45, 7) is 1.37. The molecule has 1 amide bonds. The highest BCUT2D eigenvalue weighted by Gasteiger charge is 2.27. The molecule has 3 rings (SSSR count). The van der Waals surface area contributed by atoms with E-state index in [4.69, 9.17) is 11.6 Å². The summed E-state index contributed by atoms with van der Waals surface area (Å²) in [7, 11) is 0. The van der Waals surface area contributed by atoms with E-state index in [1.54, 1.807) is 12.1 Å². The van der Waals surface area contributed by atoms with E-state index >= 15 is 0 Å². The number of nitrogens with zero attached hydrogens (tertiary/aromatic N) is 1. The zero-order valence-electron chi connectivity index (χ0n) is 12.3. The van der Waals surface area contributed by atoms with Crippen LogP contribution in [0.2, 0.25) is 5.02 Å². The second-order valence-corrected chi connectivity index (χ2v) is 6.03. The standard InChI is InChI=1S/C18H19ClN2O/c19-15-8-4-9-16(12-15)20-18(22)13-21-11-5-10-17(21)14-6-2-1-3-7-14/h1-4,6-9,12,17H,5,10-11,13H2,(H,20,22). The number of likely N-dealkylation sites (tertiary alicyclic amines) is 1. The maximum Gasteiger partial charge on any atom is 0.238 e. The minimum absolute atomic E-state index is 0.00472. The van der Waals surface area contributed by atoms with Gasteiger partial charge in [0.1, 0.15) is 0 Å². The second-order valence-electron chi connectivity index (χ2n) is 5.60. The summed E-state index contributed by atoms with van der Waals surface area (Å²) in [4.78, 5) is 14.5. The lowest BCUT2D eigenvalue weighted by Crippen LogP contribution is -2.32. The average molecular weight is 315 g/mol. The number of nitrogens with one attached hydrogen (secondary N) is 1. The summed E-state index contributed by atoms with van der Waals surface area (Å²) in [6.07, 6.45) is 2.23. The molecule has 0 radical (unpaired) electrons. The third-order valence-corrected chi connectivity index (χ3v) is 4.24. The van der Waals surface area contributed by atoms with Crippen molar-refractivity contribution in [1.29, 1.82) is 0 Å². The molecule has 1 unspecified atom stereocenters. The fourth-order valence-corrected chi connectivity index (χ4v) is 3.21. The van der Waals surface area contributed by atoms with Gasteiger partial charge in [-0.1, -0.05) is 48.0 Å². The van der Waals surface area contributed by atoms with Crippen LogP contribution in [-0.2, 0) is 4.79 Å². The highest BCUT2D eigenvalue weighted by molar-refractivity contribution is 6.30. The summed E-state index contributed by atoms with van der Waals surface area (Å²) in [5.74, 6) is 0.00472. The largest absolute Gasteiger partial charge is 0.325 e. The van der Waals surface area contributed by atoms with Crippen LogP contribution in [0, 0.1) is 0 Å². The maximum absolute atomic E-state index is 12.3. The molecule has 1 fully saturated rings. The van der Waals surface area contributed by atoms with Gasteiger partial charge in [-0.2, -0.15) is 0 Å². The molecule has 2 aromatic rings. The summed E-state index contributed by atoms with van der Waals surface area (Å²) >= 11 is 5.94. The number of amides is 1. The Balaban J connectivity index is 1.63. The molecule has 114 valence electrons. The summed E-state index contributed by atoms with van der Waals surface area (Å²) in [5.41, 5.74) is 2.03. The monoisotopic (exact) mass is 314 g/mol. The highest BCUT2D eigenvalue weighted by Crippen LogP contribution is 2.31. The van der Waals surface area contributed by atoms with E-state index in [9.17, 15) is 4.79 Å². The van der Waals surface area contributed by atoms with E-state index in [1.807, 2.05) is 18.2 Å². The van der Waals surface area contributed by atoms with Gasteiger partial charge in [0.05, 0.1) is 6.54 Å². The van der Waals surface area contributed by atoms with Crippen molar-refractivity contribution in [3.63, 3.8) is 0 Å². The molecule has 3 nitrogen and oxygen atoms in total. The Morgan fingerprint density at radius 3 is 2.77 bits per heavy atom. The SMILES string of the molecule is O=C(CN1CCCC1c1ccccc1)Nc1cccc(Cl)c1. The predicted molar refractivity (Wildman–Crippen MR) is 90.1 cm³/mol. The van der Waals surface area contributed by atoms with Crippen LogP contribution in [-0.4, -0.2) is 23.9 Å². The molecule has 0 aromatic heterocycles. The first-order valence-corrected chi connectivity index (χ1v) is 7.94. The van der Waals surface area contributed by atoms with Gasteiger partial charge in [0, 0.05) is 16.8 Å². The van der Waals surface area contributed by atoms with Gasteiger partial charge in [0.25, 0.3) is 0 Å². The van der Waals surface area contributed by atoms with Crippen molar-refractivity contribution in [2.45, 2.75) is 18.9 Å². The molecular formula is C18H19ClN2O. The van der Waals surface area contributed by atoms with Crippen LogP contribution in [0.3, 0.4) is 0 Å². The van der Waals surface area contributed by atoms with Crippen molar-refractivity contribution in [3.8, 4) is 0 Å². The zero-order chi connectivity index (χ0) is 15.4. The minimum atomic E-state index is 0.00472. The zero-order valence-corrected chi connectivity index (χ0v) is 13.1. The molecule has 1 aliphatic rings. The molecule has 0 bridgehead atoms. The quantitative estimate of drug-likeness (QED) is 0.921. The molecule has 1 aliphatic heterocycles. The predicted octanol–water partition coefficient (Wildman–Crippen LogP) is 4.12. The Morgan fingerprint density at radius 2 is 2.00 bits per heavy atom. The molecule has 0 saturated carbocycles. The van der Waals surface area contributed by atoms with Crippen LogP contribution < -0.4 is 5.32 Å². The number of anilines is 1. The molecule has 0 spiro atoms. The Bertz CT molecular complexity index is 645. The third-order valence-electron chi connectivity index (χ3n) is 4.00. The van der Waals surface area contributed by atoms with E-state index in [2.05, 4.69) is 34.5 Å². The van der Waals surface area contributed by atoms with Crippen LogP contribution in [0.25, 0.3) is 0 Å². The van der Waals surface area contributed by atoms with Crippen LogP contribution >= 0.6 is 11.6 Å². The first kappa shape index (κ1) is 15.1. The molecule has 4 heteroatoms. The lowest BCUT2D eigenvalue weighted by Gasteiger charge is -2.24. The van der Waals surface area contributed by atoms with Gasteiger partial charge in [-0.05, 0) is 43.1 Å². The molecule has 1 atom stereocenters. The van der Waals surface area contributed by atoms with Crippen molar-refractivity contribution in [2.75, 3.05) is 18.4 Å². The maximum atomic E-state index is 12.3. The van der Waals surface area contributed by atoms with Crippen LogP contribution in [0.15, 0.2) is 54.6 Å². The first-order chi connectivity index (χ1) is 10.7. The lowest BCUT2D eigenvalue weighted by atomic mass is 10.0. The molecule has 0 aliphatic carbocycles. The number of hydrogen-bond acceptors (Lipinski definition) is 2. The van der Waals surface area contributed by atoms with Crippen molar-refractivity contribution >= 4 is 23.2 Å². The Morgan fingerprint density at radius 1 is 1.18 bits per heavy atom. The van der Waals surface area contributed by atoms with Gasteiger partial charge in [0.2, 0.25) is 5.91 Å². The average Bonchev–Trinajstić information content (AvgIpc) is 2.96. The highest BCUT2D eigenvalue weighted by atomic mass is 35.5. The van der Waals surface area contributed by atoms with Crippen molar-refractivity contribution in [1.82, 2.24) is 4.90 Å². The van der Waals surface area contributed by atoms with Crippen molar-refractivity contribution < 1.29 is 4.79 Å². The Kier molecular flexibility index (Phi) is 4.76. The molecule has 2 aromatic carbocycles. The van der Waals surface area contributed by atoms with Crippen molar-refractivity contribution in [3.05, 3.63) is 65.2 Å². The fourth-order valence-electron chi connectivity index (χ4n) is 3.02. The van der Waals surface area contributed by atoms with Crippen LogP contribution in [0.5, 0.6) is 0 Å². The van der Waals surface area contributed by atoms with Gasteiger partial charge in [0.15, 0.2) is 0 Å². The first-order valence-electron chi connectivity index (χ1n) is 7.57. The van der Waals surface area contributed by atoms with Crippen LogP contribution in [0.4, 0.5) is 5.69 Å². The second kappa shape index (κ2) is 6.95. The lowest BCUT2D eigenvalue weighted by molar-refractivity contribution is -0.117. The van der Waals surface area contributed by atoms with E-state index < -0.39 is 0 Å². The number of hydrogen-bond donors (Lipinski definition) is 1. The van der Waals surface area contributed by atoms with Gasteiger partial charge < -0.3 is 5.32 Å². The topological polar surface area (TPSA) is 32.3 Å². The third kappa shape index (κ3) is 3.67.